The number of anilines is 4. The van der Waals surface area contributed by atoms with Crippen LogP contribution in [-0.2, 0) is 42.7 Å². The van der Waals surface area contributed by atoms with Crippen LogP contribution in [-0.4, -0.2) is 14.5 Å². The van der Waals surface area contributed by atoms with Gasteiger partial charge in [0.15, 0.2) is 0 Å². The van der Waals surface area contributed by atoms with Crippen molar-refractivity contribution >= 4 is 44.7 Å². The van der Waals surface area contributed by atoms with Crippen LogP contribution < -0.4 is 14.5 Å². The average Bonchev–Trinajstić information content (AvgIpc) is 3.86. The maximum absolute atomic E-state index is 6.75. The molecule has 0 spiro atoms. The number of nitrogens with zero attached hydrogens (tertiary/aromatic N) is 5. The van der Waals surface area contributed by atoms with E-state index in [1.807, 2.05) is 36.7 Å². The molecule has 9 aromatic rings. The Morgan fingerprint density at radius 2 is 1.04 bits per heavy atom. The van der Waals surface area contributed by atoms with Crippen LogP contribution >= 0.6 is 0 Å². The van der Waals surface area contributed by atoms with Gasteiger partial charge in [-0.15, -0.1) is 42.4 Å². The molecule has 0 unspecified atom stereocenters. The van der Waals surface area contributed by atoms with E-state index >= 15 is 0 Å². The second kappa shape index (κ2) is 19.0. The topological polar surface area (TPSA) is 46.4 Å². The van der Waals surface area contributed by atoms with E-state index in [9.17, 15) is 0 Å². The van der Waals surface area contributed by atoms with E-state index in [1.165, 1.54) is 66.8 Å². The number of benzene rings is 6. The molecule has 0 aliphatic carbocycles. The molecule has 1 aliphatic heterocycles. The standard InChI is InChI=1S/C67H70N5O.Pt/c1-41-31-46(65(8,9)10)32-42(2)60(41)54-35-48(67(14,15)16)36-55(61-43(3)33-47(34-44(61)4)66(11,12)13)62(54)71-40-70(63-57(71)25-20-29-69-63)49-21-19-22-50(38-49)73-51-26-27-53-52-23-17-18-24-56(52)72(58(53)39-51)59-37-45(28-30-68-59)64(5,6)7;/h17-37,40H,1-16H3;/q-3;. The summed E-state index contributed by atoms with van der Waals surface area (Å²) in [5, 5.41) is 2.22. The third kappa shape index (κ3) is 9.60. The number of para-hydroxylation sites is 1. The van der Waals surface area contributed by atoms with Gasteiger partial charge in [0.2, 0.25) is 0 Å². The van der Waals surface area contributed by atoms with Gasteiger partial charge < -0.3 is 19.1 Å². The van der Waals surface area contributed by atoms with Crippen LogP contribution in [0, 0.1) is 46.5 Å². The zero-order valence-electron chi connectivity index (χ0n) is 46.2. The molecule has 0 atom stereocenters. The van der Waals surface area contributed by atoms with Gasteiger partial charge in [-0.05, 0) is 153 Å². The van der Waals surface area contributed by atoms with Crippen LogP contribution in [0.3, 0.4) is 0 Å². The number of hydrogen-bond acceptors (Lipinski definition) is 5. The third-order valence-electron chi connectivity index (χ3n) is 14.7. The molecule has 0 saturated heterocycles. The molecule has 7 heteroatoms. The fraction of sp³-hybridized carbons (Fsp3) is 0.299. The van der Waals surface area contributed by atoms with Crippen molar-refractivity contribution in [3.8, 4) is 39.6 Å². The molecule has 0 amide bonds. The van der Waals surface area contributed by atoms with Gasteiger partial charge >= 0.3 is 0 Å². The van der Waals surface area contributed by atoms with Crippen molar-refractivity contribution in [2.45, 2.75) is 132 Å². The number of pyridine rings is 2. The van der Waals surface area contributed by atoms with Crippen molar-refractivity contribution in [2.75, 3.05) is 9.80 Å². The summed E-state index contributed by atoms with van der Waals surface area (Å²) >= 11 is 0. The average molecular weight is 1160 g/mol. The molecule has 74 heavy (non-hydrogen) atoms. The molecule has 10 rings (SSSR count). The molecule has 6 aromatic carbocycles. The van der Waals surface area contributed by atoms with Crippen LogP contribution in [0.4, 0.5) is 22.9 Å². The Hall–Kier alpha value is -6.49. The van der Waals surface area contributed by atoms with E-state index in [0.29, 0.717) is 11.5 Å². The predicted octanol–water partition coefficient (Wildman–Crippen LogP) is 18.1. The van der Waals surface area contributed by atoms with Gasteiger partial charge in [-0.1, -0.05) is 137 Å². The molecule has 0 fully saturated rings. The molecule has 3 aromatic heterocycles. The van der Waals surface area contributed by atoms with E-state index in [0.717, 1.165) is 50.5 Å². The normalized spacial score (nSPS) is 13.2. The fourth-order valence-electron chi connectivity index (χ4n) is 10.6. The minimum absolute atomic E-state index is 0. The van der Waals surface area contributed by atoms with Crippen molar-refractivity contribution in [3.63, 3.8) is 0 Å². The summed E-state index contributed by atoms with van der Waals surface area (Å²) in [6.45, 7) is 38.8. The van der Waals surface area contributed by atoms with Gasteiger partial charge in [0, 0.05) is 67.3 Å². The molecule has 382 valence electrons. The monoisotopic (exact) mass is 1160 g/mol. The van der Waals surface area contributed by atoms with Crippen LogP contribution in [0.1, 0.15) is 128 Å². The van der Waals surface area contributed by atoms with Crippen molar-refractivity contribution in [1.29, 1.82) is 0 Å². The van der Waals surface area contributed by atoms with E-state index < -0.39 is 0 Å². The number of aromatic nitrogens is 3. The van der Waals surface area contributed by atoms with Crippen LogP contribution in [0.25, 0.3) is 49.9 Å². The van der Waals surface area contributed by atoms with Crippen LogP contribution in [0.15, 0.2) is 128 Å². The molecular weight excluding hydrogens is 1090 g/mol. The summed E-state index contributed by atoms with van der Waals surface area (Å²) < 4.78 is 8.95. The molecular formula is C67H70N5OPt-3. The number of ether oxygens (including phenoxy) is 1. The molecule has 4 heterocycles. The molecule has 1 aliphatic rings. The second-order valence-corrected chi connectivity index (χ2v) is 24.4. The minimum atomic E-state index is -0.134. The summed E-state index contributed by atoms with van der Waals surface area (Å²) in [6.07, 6.45) is 3.78. The smallest absolute Gasteiger partial charge is 0.135 e. The zero-order chi connectivity index (χ0) is 52.1. The Balaban J connectivity index is 0.00000672. The summed E-state index contributed by atoms with van der Waals surface area (Å²) in [4.78, 5) is 14.5. The first-order valence-electron chi connectivity index (χ1n) is 25.8. The molecule has 0 radical (unpaired) electrons. The van der Waals surface area contributed by atoms with Crippen molar-refractivity contribution in [1.82, 2.24) is 14.5 Å². The summed E-state index contributed by atoms with van der Waals surface area (Å²) in [6, 6.07) is 49.0. The van der Waals surface area contributed by atoms with Gasteiger partial charge in [-0.25, -0.2) is 9.97 Å². The first kappa shape index (κ1) is 52.4. The molecule has 0 N–H and O–H groups in total. The van der Waals surface area contributed by atoms with E-state index in [4.69, 9.17) is 14.7 Å². The van der Waals surface area contributed by atoms with Gasteiger partial charge in [0.1, 0.15) is 11.6 Å². The van der Waals surface area contributed by atoms with Gasteiger partial charge in [-0.2, -0.15) is 12.1 Å². The van der Waals surface area contributed by atoms with E-state index in [1.54, 1.807) is 0 Å². The quantitative estimate of drug-likeness (QED) is 0.149. The van der Waals surface area contributed by atoms with Gasteiger partial charge in [0.05, 0.1) is 5.69 Å². The minimum Gasteiger partial charge on any atom is -0.509 e. The maximum atomic E-state index is 6.75. The number of fused-ring (bicyclic) bond motifs is 4. The zero-order valence-corrected chi connectivity index (χ0v) is 48.4. The third-order valence-corrected chi connectivity index (χ3v) is 14.7. The molecule has 6 nitrogen and oxygen atoms in total. The van der Waals surface area contributed by atoms with E-state index in [2.05, 4.69) is 235 Å². The Kier molecular flexibility index (Phi) is 13.5. The Morgan fingerprint density at radius 3 is 1.62 bits per heavy atom. The van der Waals surface area contributed by atoms with Crippen molar-refractivity contribution < 1.29 is 25.8 Å². The summed E-state index contributed by atoms with van der Waals surface area (Å²) in [7, 11) is 0. The number of aryl methyl sites for hydroxylation is 4. The summed E-state index contributed by atoms with van der Waals surface area (Å²) in [5.74, 6) is 2.81. The van der Waals surface area contributed by atoms with E-state index in [-0.39, 0.29) is 42.7 Å². The first-order valence-corrected chi connectivity index (χ1v) is 25.8. The van der Waals surface area contributed by atoms with Crippen LogP contribution in [0.5, 0.6) is 11.5 Å². The summed E-state index contributed by atoms with van der Waals surface area (Å²) in [5.41, 5.74) is 19.8. The number of hydrogen-bond donors (Lipinski definition) is 0. The Labute approximate surface area is 455 Å². The SMILES string of the molecule is Cc1cc(C(C)(C)C)cc(C)c1-c1cc(C(C)(C)C)cc(-c2c(C)cc(C(C)(C)C)cc2C)c1N1[CH-]N(c2[c-]c(Oc3[c-]c4c(cc3)c3ccccc3n4-c3cc(C(C)(C)C)ccn3)ccc2)c2ncccc21.[Pt]. The van der Waals surface area contributed by atoms with Crippen molar-refractivity contribution in [3.05, 3.63) is 191 Å². The maximum Gasteiger partial charge on any atom is 0.135 e. The van der Waals surface area contributed by atoms with Gasteiger partial charge in [-0.3, -0.25) is 0 Å². The number of rotatable bonds is 7. The first-order chi connectivity index (χ1) is 34.4. The Morgan fingerprint density at radius 1 is 0.486 bits per heavy atom. The molecule has 0 bridgehead atoms. The molecule has 0 saturated carbocycles. The van der Waals surface area contributed by atoms with Crippen LogP contribution in [0.2, 0.25) is 0 Å². The largest absolute Gasteiger partial charge is 0.509 e. The second-order valence-electron chi connectivity index (χ2n) is 24.4. The predicted molar refractivity (Wildman–Crippen MR) is 307 cm³/mol. The fourth-order valence-corrected chi connectivity index (χ4v) is 10.6. The van der Waals surface area contributed by atoms with Crippen molar-refractivity contribution in [2.24, 2.45) is 0 Å². The van der Waals surface area contributed by atoms with Gasteiger partial charge in [0.25, 0.3) is 0 Å². The Bertz CT molecular complexity index is 3490.